The van der Waals surface area contributed by atoms with Crippen LogP contribution in [0.5, 0.6) is 0 Å². The van der Waals surface area contributed by atoms with Gasteiger partial charge in [-0.15, -0.1) is 0 Å². The molecule has 0 N–H and O–H groups in total. The number of aldehydes is 1. The van der Waals surface area contributed by atoms with Crippen LogP contribution < -0.4 is 0 Å². The molecule has 4 nitrogen and oxygen atoms in total. The molecule has 0 spiro atoms. The number of rotatable bonds is 5. The van der Waals surface area contributed by atoms with Gasteiger partial charge in [0.15, 0.2) is 6.29 Å². The molecule has 0 aliphatic heterocycles. The Kier molecular flexibility index (Phi) is 4.31. The fourth-order valence-corrected chi connectivity index (χ4v) is 2.27. The van der Waals surface area contributed by atoms with Crippen molar-refractivity contribution in [2.24, 2.45) is 0 Å². The summed E-state index contributed by atoms with van der Waals surface area (Å²) in [7, 11) is 0. The Hall–Kier alpha value is -2.41. The molecule has 0 fully saturated rings. The molecule has 0 amide bonds. The Bertz CT molecular complexity index is 631. The van der Waals surface area contributed by atoms with Crippen molar-refractivity contribution in [1.82, 2.24) is 9.78 Å². The molecule has 2 aromatic rings. The fraction of sp³-hybridized carbons (Fsp3) is 0.312. The minimum Gasteiger partial charge on any atom is -0.298 e. The van der Waals surface area contributed by atoms with E-state index in [0.717, 1.165) is 24.7 Å². The summed E-state index contributed by atoms with van der Waals surface area (Å²) in [6.45, 7) is 4.22. The van der Waals surface area contributed by atoms with E-state index in [2.05, 4.69) is 25.0 Å². The van der Waals surface area contributed by atoms with Gasteiger partial charge in [0, 0.05) is 11.8 Å². The van der Waals surface area contributed by atoms with E-state index in [0.29, 0.717) is 22.9 Å². The molecule has 0 radical (unpaired) electrons. The van der Waals surface area contributed by atoms with Crippen LogP contribution >= 0.6 is 0 Å². The topological polar surface area (TPSA) is 58.7 Å². The van der Waals surface area contributed by atoms with E-state index in [1.165, 1.54) is 0 Å². The lowest BCUT2D eigenvalue weighted by Gasteiger charge is -2.12. The molecule has 1 heterocycles. The lowest BCUT2D eigenvalue weighted by molar-refractivity contribution is 0.112. The highest BCUT2D eigenvalue weighted by Crippen LogP contribution is 2.24. The zero-order valence-corrected chi connectivity index (χ0v) is 11.7. The molecule has 0 saturated heterocycles. The minimum absolute atomic E-state index is 0.306. The van der Waals surface area contributed by atoms with Crippen LogP contribution in [-0.2, 0) is 0 Å². The lowest BCUT2D eigenvalue weighted by Crippen LogP contribution is -2.07. The van der Waals surface area contributed by atoms with Crippen LogP contribution in [0.3, 0.4) is 0 Å². The van der Waals surface area contributed by atoms with E-state index in [1.54, 1.807) is 18.3 Å². The van der Waals surface area contributed by atoms with Crippen LogP contribution in [0.4, 0.5) is 0 Å². The molecule has 102 valence electrons. The number of benzene rings is 1. The molecule has 1 aromatic heterocycles. The normalized spacial score (nSPS) is 10.5. The summed E-state index contributed by atoms with van der Waals surface area (Å²) in [6, 6.07) is 9.51. The number of nitriles is 1. The van der Waals surface area contributed by atoms with Crippen LogP contribution in [0.25, 0.3) is 11.3 Å². The molecule has 1 aromatic carbocycles. The van der Waals surface area contributed by atoms with Gasteiger partial charge in [0.1, 0.15) is 5.69 Å². The third-order valence-electron chi connectivity index (χ3n) is 3.49. The van der Waals surface area contributed by atoms with E-state index >= 15 is 0 Å². The van der Waals surface area contributed by atoms with Gasteiger partial charge in [-0.3, -0.25) is 9.48 Å². The molecule has 0 aliphatic rings. The van der Waals surface area contributed by atoms with Gasteiger partial charge in [0.05, 0.1) is 23.2 Å². The quantitative estimate of drug-likeness (QED) is 0.778. The maximum atomic E-state index is 11.2. The van der Waals surface area contributed by atoms with Gasteiger partial charge in [-0.2, -0.15) is 10.4 Å². The molecular weight excluding hydrogens is 250 g/mol. The second-order valence-corrected chi connectivity index (χ2v) is 4.69. The molecule has 0 aliphatic carbocycles. The molecule has 2 rings (SSSR count). The van der Waals surface area contributed by atoms with Crippen molar-refractivity contribution in [1.29, 1.82) is 5.26 Å². The van der Waals surface area contributed by atoms with E-state index in [-0.39, 0.29) is 0 Å². The maximum absolute atomic E-state index is 11.2. The zero-order valence-electron chi connectivity index (χ0n) is 11.7. The number of hydrogen-bond acceptors (Lipinski definition) is 3. The monoisotopic (exact) mass is 267 g/mol. The second kappa shape index (κ2) is 6.16. The van der Waals surface area contributed by atoms with E-state index in [9.17, 15) is 4.79 Å². The van der Waals surface area contributed by atoms with Gasteiger partial charge in [-0.05, 0) is 25.0 Å². The molecular formula is C16H17N3O. The number of nitrogens with zero attached hydrogens (tertiary/aromatic N) is 3. The zero-order chi connectivity index (χ0) is 14.5. The first-order chi connectivity index (χ1) is 9.73. The first-order valence-electron chi connectivity index (χ1n) is 6.78. The van der Waals surface area contributed by atoms with Crippen molar-refractivity contribution in [2.75, 3.05) is 0 Å². The van der Waals surface area contributed by atoms with Crippen LogP contribution in [0, 0.1) is 11.3 Å². The van der Waals surface area contributed by atoms with Gasteiger partial charge < -0.3 is 0 Å². The maximum Gasteiger partial charge on any atom is 0.153 e. The summed E-state index contributed by atoms with van der Waals surface area (Å²) >= 11 is 0. The average molecular weight is 267 g/mol. The summed E-state index contributed by atoms with van der Waals surface area (Å²) in [5.74, 6) is 0. The van der Waals surface area contributed by atoms with Crippen molar-refractivity contribution < 1.29 is 4.79 Å². The Morgan fingerprint density at radius 3 is 2.45 bits per heavy atom. The van der Waals surface area contributed by atoms with E-state index < -0.39 is 0 Å². The summed E-state index contributed by atoms with van der Waals surface area (Å²) < 4.78 is 1.87. The van der Waals surface area contributed by atoms with E-state index in [4.69, 9.17) is 5.26 Å². The van der Waals surface area contributed by atoms with Crippen LogP contribution in [-0.4, -0.2) is 16.1 Å². The van der Waals surface area contributed by atoms with Crippen molar-refractivity contribution >= 4 is 6.29 Å². The minimum atomic E-state index is 0.306. The van der Waals surface area contributed by atoms with Gasteiger partial charge in [-0.25, -0.2) is 0 Å². The first kappa shape index (κ1) is 14.0. The number of carbonyl (C=O) groups is 1. The standard InChI is InChI=1S/C16H17N3O/c1-3-15(4-2)19-10-14(11-20)16(18-19)13-7-5-12(9-17)6-8-13/h5-8,10-11,15H,3-4H2,1-2H3. The third-order valence-corrected chi connectivity index (χ3v) is 3.49. The lowest BCUT2D eigenvalue weighted by atomic mass is 10.1. The Labute approximate surface area is 118 Å². The highest BCUT2D eigenvalue weighted by Gasteiger charge is 2.14. The SMILES string of the molecule is CCC(CC)n1cc(C=O)c(-c2ccc(C#N)cc2)n1. The molecule has 0 atom stereocenters. The smallest absolute Gasteiger partial charge is 0.153 e. The second-order valence-electron chi connectivity index (χ2n) is 4.69. The molecule has 20 heavy (non-hydrogen) atoms. The van der Waals surface area contributed by atoms with Crippen LogP contribution in [0.15, 0.2) is 30.5 Å². The van der Waals surface area contributed by atoms with E-state index in [1.807, 2.05) is 16.8 Å². The Balaban J connectivity index is 2.44. The van der Waals surface area contributed by atoms with Crippen molar-refractivity contribution in [3.8, 4) is 17.3 Å². The molecule has 0 saturated carbocycles. The van der Waals surface area contributed by atoms with Crippen molar-refractivity contribution in [2.45, 2.75) is 32.7 Å². The summed E-state index contributed by atoms with van der Waals surface area (Å²) in [6.07, 6.45) is 4.59. The molecule has 4 heteroatoms. The predicted molar refractivity (Wildman–Crippen MR) is 77.4 cm³/mol. The van der Waals surface area contributed by atoms with Crippen molar-refractivity contribution in [3.05, 3.63) is 41.6 Å². The van der Waals surface area contributed by atoms with Gasteiger partial charge in [0.2, 0.25) is 0 Å². The summed E-state index contributed by atoms with van der Waals surface area (Å²) in [4.78, 5) is 11.2. The largest absolute Gasteiger partial charge is 0.298 e. The highest BCUT2D eigenvalue weighted by atomic mass is 16.1. The first-order valence-corrected chi connectivity index (χ1v) is 6.78. The Morgan fingerprint density at radius 1 is 1.30 bits per heavy atom. The fourth-order valence-electron chi connectivity index (χ4n) is 2.27. The van der Waals surface area contributed by atoms with Gasteiger partial charge in [-0.1, -0.05) is 26.0 Å². The molecule has 0 unspecified atom stereocenters. The number of aromatic nitrogens is 2. The van der Waals surface area contributed by atoms with Gasteiger partial charge in [0.25, 0.3) is 0 Å². The van der Waals surface area contributed by atoms with Gasteiger partial charge >= 0.3 is 0 Å². The van der Waals surface area contributed by atoms with Crippen LogP contribution in [0.2, 0.25) is 0 Å². The number of hydrogen-bond donors (Lipinski definition) is 0. The third kappa shape index (κ3) is 2.62. The summed E-state index contributed by atoms with van der Waals surface area (Å²) in [5.41, 5.74) is 2.72. The average Bonchev–Trinajstić information content (AvgIpc) is 2.93. The van der Waals surface area contributed by atoms with Crippen molar-refractivity contribution in [3.63, 3.8) is 0 Å². The predicted octanol–water partition coefficient (Wildman–Crippen LogP) is 3.60. The highest BCUT2D eigenvalue weighted by molar-refractivity contribution is 5.85. The van der Waals surface area contributed by atoms with Crippen LogP contribution in [0.1, 0.15) is 48.7 Å². The Morgan fingerprint density at radius 2 is 1.95 bits per heavy atom. The summed E-state index contributed by atoms with van der Waals surface area (Å²) in [5, 5.41) is 13.4. The molecule has 0 bridgehead atoms. The number of carbonyl (C=O) groups excluding carboxylic acids is 1.